The second-order valence-corrected chi connectivity index (χ2v) is 8.73. The van der Waals surface area contributed by atoms with Crippen molar-refractivity contribution in [2.45, 2.75) is 45.8 Å². The summed E-state index contributed by atoms with van der Waals surface area (Å²) >= 11 is 0. The van der Waals surface area contributed by atoms with E-state index in [1.165, 1.54) is 0 Å². The molecule has 0 aromatic carbocycles. The van der Waals surface area contributed by atoms with Gasteiger partial charge in [-0.2, -0.15) is 0 Å². The van der Waals surface area contributed by atoms with Crippen LogP contribution in [-0.4, -0.2) is 79.9 Å². The van der Waals surface area contributed by atoms with Gasteiger partial charge < -0.3 is 24.0 Å². The summed E-state index contributed by atoms with van der Waals surface area (Å²) in [7, 11) is 2.03. The van der Waals surface area contributed by atoms with Gasteiger partial charge in [-0.1, -0.05) is 0 Å². The van der Waals surface area contributed by atoms with Crippen LogP contribution >= 0.6 is 0 Å². The maximum Gasteiger partial charge on any atom is 0.315 e. The monoisotopic (exact) mass is 382 g/mol. The minimum absolute atomic E-state index is 0.0241. The molecule has 8 heteroatoms. The van der Waals surface area contributed by atoms with Crippen molar-refractivity contribution in [2.24, 2.45) is 17.3 Å². The predicted molar refractivity (Wildman–Crippen MR) is 95.5 cm³/mol. The molecular weight excluding hydrogens is 352 g/mol. The Kier molecular flexibility index (Phi) is 5.76. The van der Waals surface area contributed by atoms with Gasteiger partial charge >= 0.3 is 11.9 Å². The highest BCUT2D eigenvalue weighted by Gasteiger charge is 2.57. The molecule has 3 aliphatic heterocycles. The van der Waals surface area contributed by atoms with E-state index in [1.807, 2.05) is 11.9 Å². The molecule has 3 saturated heterocycles. The van der Waals surface area contributed by atoms with Crippen LogP contribution in [0.1, 0.15) is 33.6 Å². The van der Waals surface area contributed by atoms with Crippen LogP contribution in [0.2, 0.25) is 0 Å². The smallest absolute Gasteiger partial charge is 0.315 e. The number of hydrogen-bond donors (Lipinski definition) is 0. The van der Waals surface area contributed by atoms with Gasteiger partial charge in [0.1, 0.15) is 0 Å². The Morgan fingerprint density at radius 1 is 0.963 bits per heavy atom. The zero-order chi connectivity index (χ0) is 19.8. The molecule has 1 amide bonds. The molecule has 152 valence electrons. The number of ether oxygens (including phenoxy) is 3. The van der Waals surface area contributed by atoms with Gasteiger partial charge in [0.05, 0.1) is 29.5 Å². The molecule has 3 aliphatic rings. The quantitative estimate of drug-likeness (QED) is 0.521. The Hall–Kier alpha value is -1.67. The lowest BCUT2D eigenvalue weighted by atomic mass is 9.78. The molecule has 0 radical (unpaired) electrons. The minimum atomic E-state index is -0.665. The Morgan fingerprint density at radius 3 is 2.15 bits per heavy atom. The number of carbonyl (C=O) groups excluding carboxylic acids is 3. The van der Waals surface area contributed by atoms with E-state index in [4.69, 9.17) is 14.2 Å². The van der Waals surface area contributed by atoms with Crippen molar-refractivity contribution in [3.63, 3.8) is 0 Å². The maximum atomic E-state index is 13.1. The first kappa shape index (κ1) is 20.1. The zero-order valence-corrected chi connectivity index (χ0v) is 16.6. The number of rotatable bonds is 4. The fraction of sp³-hybridized carbons (Fsp3) is 0.842. The van der Waals surface area contributed by atoms with Crippen molar-refractivity contribution in [3.8, 4) is 0 Å². The molecule has 3 heterocycles. The number of nitrogens with zero attached hydrogens (tertiary/aromatic N) is 2. The molecule has 0 N–H and O–H groups in total. The second kappa shape index (κ2) is 7.75. The fourth-order valence-electron chi connectivity index (χ4n) is 3.98. The van der Waals surface area contributed by atoms with E-state index >= 15 is 0 Å². The number of likely N-dealkylation sites (N-methyl/N-ethyl adjacent to an activating group) is 1. The summed E-state index contributed by atoms with van der Waals surface area (Å²) in [6.45, 7) is 7.72. The summed E-state index contributed by atoms with van der Waals surface area (Å²) in [6.07, 6.45) is 1.02. The van der Waals surface area contributed by atoms with Crippen LogP contribution in [-0.2, 0) is 28.6 Å². The molecule has 3 rings (SSSR count). The summed E-state index contributed by atoms with van der Waals surface area (Å²) in [5.74, 6) is -2.10. The summed E-state index contributed by atoms with van der Waals surface area (Å²) in [5, 5.41) is 0. The summed E-state index contributed by atoms with van der Waals surface area (Å²) in [4.78, 5) is 41.5. The van der Waals surface area contributed by atoms with Crippen molar-refractivity contribution in [3.05, 3.63) is 0 Å². The molecule has 4 atom stereocenters. The van der Waals surface area contributed by atoms with Gasteiger partial charge in [0, 0.05) is 26.2 Å². The molecular formula is C19H30N2O6. The Labute approximate surface area is 160 Å². The summed E-state index contributed by atoms with van der Waals surface area (Å²) < 4.78 is 16.1. The van der Waals surface area contributed by atoms with Crippen LogP contribution < -0.4 is 0 Å². The summed E-state index contributed by atoms with van der Waals surface area (Å²) in [6, 6.07) is 0. The third-order valence-corrected chi connectivity index (χ3v) is 5.65. The Balaban J connectivity index is 1.60. The third-order valence-electron chi connectivity index (χ3n) is 5.65. The maximum absolute atomic E-state index is 13.1. The predicted octanol–water partition coefficient (Wildman–Crippen LogP) is 0.644. The van der Waals surface area contributed by atoms with Crippen LogP contribution in [0.5, 0.6) is 0 Å². The van der Waals surface area contributed by atoms with Gasteiger partial charge in [0.2, 0.25) is 12.7 Å². The van der Waals surface area contributed by atoms with Crippen molar-refractivity contribution >= 4 is 17.8 Å². The largest absolute Gasteiger partial charge is 0.428 e. The second-order valence-electron chi connectivity index (χ2n) is 8.73. The van der Waals surface area contributed by atoms with Gasteiger partial charge in [-0.05, 0) is 40.7 Å². The van der Waals surface area contributed by atoms with Crippen LogP contribution in [0.3, 0.4) is 0 Å². The lowest BCUT2D eigenvalue weighted by Crippen LogP contribution is -2.52. The molecule has 0 aromatic rings. The highest BCUT2D eigenvalue weighted by Crippen LogP contribution is 2.45. The molecule has 8 nitrogen and oxygen atoms in total. The average Bonchev–Trinajstić information content (AvgIpc) is 3.22. The van der Waals surface area contributed by atoms with Gasteiger partial charge in [-0.25, -0.2) is 0 Å². The first-order valence-electron chi connectivity index (χ1n) is 9.65. The first-order valence-corrected chi connectivity index (χ1v) is 9.65. The van der Waals surface area contributed by atoms with Crippen molar-refractivity contribution in [1.29, 1.82) is 0 Å². The lowest BCUT2D eigenvalue weighted by Gasteiger charge is -2.36. The molecule has 0 saturated carbocycles. The number of hydrogen-bond acceptors (Lipinski definition) is 7. The van der Waals surface area contributed by atoms with E-state index in [-0.39, 0.29) is 18.1 Å². The molecule has 0 aliphatic carbocycles. The minimum Gasteiger partial charge on any atom is -0.428 e. The van der Waals surface area contributed by atoms with Gasteiger partial charge in [-0.15, -0.1) is 0 Å². The normalized spacial score (nSPS) is 31.0. The number of esters is 2. The topological polar surface area (TPSA) is 85.4 Å². The Bertz CT molecular complexity index is 593. The van der Waals surface area contributed by atoms with Crippen LogP contribution in [0, 0.1) is 17.3 Å². The average molecular weight is 382 g/mol. The zero-order valence-electron chi connectivity index (χ0n) is 16.6. The van der Waals surface area contributed by atoms with E-state index in [2.05, 4.69) is 4.90 Å². The van der Waals surface area contributed by atoms with Crippen molar-refractivity contribution < 1.29 is 28.6 Å². The summed E-state index contributed by atoms with van der Waals surface area (Å²) in [5.41, 5.74) is -0.665. The molecule has 2 bridgehead atoms. The van der Waals surface area contributed by atoms with Crippen molar-refractivity contribution in [1.82, 2.24) is 9.80 Å². The van der Waals surface area contributed by atoms with Crippen molar-refractivity contribution in [2.75, 3.05) is 40.0 Å². The fourth-order valence-corrected chi connectivity index (χ4v) is 3.98. The lowest BCUT2D eigenvalue weighted by molar-refractivity contribution is -0.178. The number of amides is 1. The highest BCUT2D eigenvalue weighted by molar-refractivity contribution is 5.87. The molecule has 27 heavy (non-hydrogen) atoms. The van der Waals surface area contributed by atoms with Crippen LogP contribution in [0.4, 0.5) is 0 Å². The van der Waals surface area contributed by atoms with Gasteiger partial charge in [0.15, 0.2) is 0 Å². The van der Waals surface area contributed by atoms with E-state index in [9.17, 15) is 14.4 Å². The van der Waals surface area contributed by atoms with E-state index in [0.29, 0.717) is 13.1 Å². The third kappa shape index (κ3) is 4.27. The molecule has 3 unspecified atom stereocenters. The standard InChI is InChI=1S/C19H30N2O6/c1-19(2,3)18(24)26-11-25-17(23)15-13-6-5-12(27-13)14(15)16(22)21-9-7-20(4)8-10-21/h12-15H,5-11H2,1-4H3/t12-,13?,14?,15?/m0/s1. The molecule has 0 aromatic heterocycles. The van der Waals surface area contributed by atoms with E-state index < -0.39 is 36.0 Å². The molecule has 3 fully saturated rings. The van der Waals surface area contributed by atoms with Crippen LogP contribution in [0.25, 0.3) is 0 Å². The van der Waals surface area contributed by atoms with E-state index in [0.717, 1.165) is 25.9 Å². The first-order chi connectivity index (χ1) is 12.7. The Morgan fingerprint density at radius 2 is 1.56 bits per heavy atom. The number of piperazine rings is 1. The number of fused-ring (bicyclic) bond motifs is 2. The SMILES string of the molecule is CN1CCN(C(=O)C2C(C(=O)OCOC(=O)C(C)(C)C)C3CC[C@@H]2O3)CC1. The van der Waals surface area contributed by atoms with Gasteiger partial charge in [-0.3, -0.25) is 14.4 Å². The van der Waals surface area contributed by atoms with Gasteiger partial charge in [0.25, 0.3) is 0 Å². The van der Waals surface area contributed by atoms with E-state index in [1.54, 1.807) is 20.8 Å². The van der Waals surface area contributed by atoms with Crippen LogP contribution in [0.15, 0.2) is 0 Å². The highest BCUT2D eigenvalue weighted by atomic mass is 16.7. The molecule has 0 spiro atoms. The number of carbonyl (C=O) groups is 3.